The summed E-state index contributed by atoms with van der Waals surface area (Å²) < 4.78 is 6.38. The number of hydrogen-bond acceptors (Lipinski definition) is 2. The summed E-state index contributed by atoms with van der Waals surface area (Å²) in [5.74, 6) is 0.729. The quantitative estimate of drug-likeness (QED) is 0.574. The average molecular weight is 434 g/mol. The smallest absolute Gasteiger partial charge is 0.251 e. The molecule has 0 aliphatic carbocycles. The van der Waals surface area contributed by atoms with E-state index >= 15 is 0 Å². The van der Waals surface area contributed by atoms with E-state index in [4.69, 9.17) is 4.74 Å². The molecule has 4 nitrogen and oxygen atoms in total. The van der Waals surface area contributed by atoms with Crippen molar-refractivity contribution in [3.05, 3.63) is 63.4 Å². The van der Waals surface area contributed by atoms with Crippen LogP contribution in [0, 0.1) is 3.57 Å². The van der Waals surface area contributed by atoms with E-state index in [-0.39, 0.29) is 11.9 Å². The molecule has 24 heavy (non-hydrogen) atoms. The first-order valence-corrected chi connectivity index (χ1v) is 8.91. The van der Waals surface area contributed by atoms with Crippen LogP contribution in [0.25, 0.3) is 10.9 Å². The fourth-order valence-corrected chi connectivity index (χ4v) is 3.35. The van der Waals surface area contributed by atoms with Crippen LogP contribution in [0.1, 0.15) is 35.3 Å². The number of H-pyrrole nitrogens is 1. The Hall–Kier alpha value is -2.02. The Bertz CT molecular complexity index is 873. The summed E-state index contributed by atoms with van der Waals surface area (Å²) in [7, 11) is 1.65. The van der Waals surface area contributed by atoms with Gasteiger partial charge in [-0.3, -0.25) is 4.79 Å². The normalized spacial score (nSPS) is 12.1. The SMILES string of the molecule is CCC(NC(=O)c1ccc2[nH]cc(I)c2c1)c1cccc(OC)c1. The van der Waals surface area contributed by atoms with Crippen LogP contribution in [0.3, 0.4) is 0 Å². The summed E-state index contributed by atoms with van der Waals surface area (Å²) in [6.45, 7) is 2.06. The van der Waals surface area contributed by atoms with Gasteiger partial charge in [-0.2, -0.15) is 0 Å². The molecule has 0 fully saturated rings. The third-order valence-corrected chi connectivity index (χ3v) is 5.00. The first kappa shape index (κ1) is 16.8. The molecule has 0 saturated heterocycles. The zero-order chi connectivity index (χ0) is 17.1. The van der Waals surface area contributed by atoms with E-state index in [2.05, 4.69) is 39.8 Å². The van der Waals surface area contributed by atoms with E-state index in [0.717, 1.165) is 32.2 Å². The van der Waals surface area contributed by atoms with Gasteiger partial charge in [-0.15, -0.1) is 0 Å². The molecule has 0 radical (unpaired) electrons. The Morgan fingerprint density at radius 2 is 2.12 bits per heavy atom. The molecule has 0 bridgehead atoms. The lowest BCUT2D eigenvalue weighted by molar-refractivity contribution is 0.0935. The van der Waals surface area contributed by atoms with Crippen LogP contribution < -0.4 is 10.1 Å². The van der Waals surface area contributed by atoms with E-state index in [9.17, 15) is 4.79 Å². The second-order valence-corrected chi connectivity index (χ2v) is 6.77. The number of fused-ring (bicyclic) bond motifs is 1. The maximum atomic E-state index is 12.7. The molecule has 2 aromatic carbocycles. The molecule has 5 heteroatoms. The predicted molar refractivity (Wildman–Crippen MR) is 105 cm³/mol. The Balaban J connectivity index is 1.83. The van der Waals surface area contributed by atoms with Crippen LogP contribution in [0.2, 0.25) is 0 Å². The summed E-state index contributed by atoms with van der Waals surface area (Å²) in [6.07, 6.45) is 2.75. The van der Waals surface area contributed by atoms with Gasteiger partial charge in [0.25, 0.3) is 5.91 Å². The Kier molecular flexibility index (Phi) is 5.08. The van der Waals surface area contributed by atoms with Crippen molar-refractivity contribution in [1.82, 2.24) is 10.3 Å². The molecule has 3 rings (SSSR count). The van der Waals surface area contributed by atoms with Crippen molar-refractivity contribution in [3.8, 4) is 5.75 Å². The predicted octanol–water partition coefficient (Wildman–Crippen LogP) is 4.66. The summed E-state index contributed by atoms with van der Waals surface area (Å²) in [4.78, 5) is 15.9. The number of halogens is 1. The number of carbonyl (C=O) groups is 1. The molecular formula is C19H19IN2O2. The Labute approximate surface area is 154 Å². The number of rotatable bonds is 5. The first-order chi connectivity index (χ1) is 11.6. The number of amides is 1. The number of hydrogen-bond donors (Lipinski definition) is 2. The molecule has 1 amide bonds. The third-order valence-electron chi connectivity index (χ3n) is 4.10. The highest BCUT2D eigenvalue weighted by atomic mass is 127. The molecule has 3 aromatic rings. The number of methoxy groups -OCH3 is 1. The fraction of sp³-hybridized carbons (Fsp3) is 0.211. The number of ether oxygens (including phenoxy) is 1. The average Bonchev–Trinajstić information content (AvgIpc) is 3.00. The first-order valence-electron chi connectivity index (χ1n) is 7.83. The molecule has 0 spiro atoms. The van der Waals surface area contributed by atoms with Crippen LogP contribution in [0.4, 0.5) is 0 Å². The van der Waals surface area contributed by atoms with Crippen LogP contribution in [-0.2, 0) is 0 Å². The minimum Gasteiger partial charge on any atom is -0.497 e. The molecule has 1 atom stereocenters. The minimum absolute atomic E-state index is 0.0476. The van der Waals surface area contributed by atoms with Crippen LogP contribution in [-0.4, -0.2) is 18.0 Å². The van der Waals surface area contributed by atoms with Gasteiger partial charge in [0.15, 0.2) is 0 Å². The van der Waals surface area contributed by atoms with Gasteiger partial charge in [-0.25, -0.2) is 0 Å². The van der Waals surface area contributed by atoms with Gasteiger partial charge < -0.3 is 15.0 Å². The zero-order valence-electron chi connectivity index (χ0n) is 13.6. The van der Waals surface area contributed by atoms with Gasteiger partial charge in [-0.1, -0.05) is 19.1 Å². The van der Waals surface area contributed by atoms with Crippen LogP contribution >= 0.6 is 22.6 Å². The van der Waals surface area contributed by atoms with E-state index in [1.165, 1.54) is 0 Å². The molecule has 0 aliphatic heterocycles. The van der Waals surface area contributed by atoms with Crippen LogP contribution in [0.5, 0.6) is 5.75 Å². The van der Waals surface area contributed by atoms with Gasteiger partial charge in [-0.05, 0) is 64.9 Å². The summed E-state index contributed by atoms with van der Waals surface area (Å²) in [5.41, 5.74) is 2.75. The highest BCUT2D eigenvalue weighted by Gasteiger charge is 2.15. The van der Waals surface area contributed by atoms with E-state index in [0.29, 0.717) is 5.56 Å². The zero-order valence-corrected chi connectivity index (χ0v) is 15.8. The van der Waals surface area contributed by atoms with E-state index in [1.54, 1.807) is 7.11 Å². The summed E-state index contributed by atoms with van der Waals surface area (Å²) in [5, 5.41) is 4.19. The highest BCUT2D eigenvalue weighted by molar-refractivity contribution is 14.1. The molecule has 1 unspecified atom stereocenters. The molecule has 0 saturated carbocycles. The monoisotopic (exact) mass is 434 g/mol. The van der Waals surface area contributed by atoms with Gasteiger partial charge >= 0.3 is 0 Å². The molecule has 2 N–H and O–H groups in total. The summed E-state index contributed by atoms with van der Waals surface area (Å²) in [6, 6.07) is 13.5. The minimum atomic E-state index is -0.0661. The Morgan fingerprint density at radius 1 is 1.29 bits per heavy atom. The number of aromatic amines is 1. The van der Waals surface area contributed by atoms with Crippen molar-refractivity contribution >= 4 is 39.4 Å². The van der Waals surface area contributed by atoms with Crippen molar-refractivity contribution in [2.75, 3.05) is 7.11 Å². The fourth-order valence-electron chi connectivity index (χ4n) is 2.75. The molecule has 1 heterocycles. The number of carbonyl (C=O) groups excluding carboxylic acids is 1. The van der Waals surface area contributed by atoms with Crippen molar-refractivity contribution in [1.29, 1.82) is 0 Å². The van der Waals surface area contributed by atoms with Gasteiger partial charge in [0, 0.05) is 26.2 Å². The molecule has 124 valence electrons. The van der Waals surface area contributed by atoms with Gasteiger partial charge in [0.1, 0.15) is 5.75 Å². The standard InChI is InChI=1S/C19H19IN2O2/c1-3-17(12-5-4-6-14(9-12)24-2)22-19(23)13-7-8-18-15(10-13)16(20)11-21-18/h4-11,17,21H,3H2,1-2H3,(H,22,23). The highest BCUT2D eigenvalue weighted by Crippen LogP contribution is 2.24. The number of benzene rings is 2. The lowest BCUT2D eigenvalue weighted by Gasteiger charge is -2.18. The second-order valence-electron chi connectivity index (χ2n) is 5.61. The maximum absolute atomic E-state index is 12.7. The van der Waals surface area contributed by atoms with E-state index < -0.39 is 0 Å². The van der Waals surface area contributed by atoms with Crippen LogP contribution in [0.15, 0.2) is 48.7 Å². The lowest BCUT2D eigenvalue weighted by atomic mass is 10.0. The lowest BCUT2D eigenvalue weighted by Crippen LogP contribution is -2.28. The van der Waals surface area contributed by atoms with Gasteiger partial charge in [0.05, 0.1) is 13.2 Å². The second kappa shape index (κ2) is 7.25. The topological polar surface area (TPSA) is 54.1 Å². The molecule has 1 aromatic heterocycles. The van der Waals surface area contributed by atoms with Crippen molar-refractivity contribution in [3.63, 3.8) is 0 Å². The maximum Gasteiger partial charge on any atom is 0.251 e. The molecule has 0 aliphatic rings. The third kappa shape index (κ3) is 3.40. The summed E-state index contributed by atoms with van der Waals surface area (Å²) >= 11 is 2.27. The van der Waals surface area contributed by atoms with Crippen molar-refractivity contribution in [2.45, 2.75) is 19.4 Å². The van der Waals surface area contributed by atoms with Gasteiger partial charge in [0.2, 0.25) is 0 Å². The number of nitrogens with one attached hydrogen (secondary N) is 2. The van der Waals surface area contributed by atoms with E-state index in [1.807, 2.05) is 48.7 Å². The largest absolute Gasteiger partial charge is 0.497 e. The van der Waals surface area contributed by atoms with Crippen molar-refractivity contribution < 1.29 is 9.53 Å². The molecular weight excluding hydrogens is 415 g/mol. The number of aromatic nitrogens is 1. The Morgan fingerprint density at radius 3 is 2.88 bits per heavy atom. The van der Waals surface area contributed by atoms with Crippen molar-refractivity contribution in [2.24, 2.45) is 0 Å².